The number of carbonyl (C=O) groups is 1. The fraction of sp³-hybridized carbons (Fsp3) is 0.794. The highest BCUT2D eigenvalue weighted by molar-refractivity contribution is 6.74. The molecule has 222 valence electrons. The Kier molecular flexibility index (Phi) is 9.65. The first-order valence-corrected chi connectivity index (χ1v) is 21.4. The third-order valence-electron chi connectivity index (χ3n) is 11.6. The molecule has 0 amide bonds. The number of hydrogen-bond donors (Lipinski definition) is 0. The van der Waals surface area contributed by atoms with Crippen molar-refractivity contribution in [3.63, 3.8) is 0 Å². The second kappa shape index (κ2) is 11.5. The van der Waals surface area contributed by atoms with Crippen molar-refractivity contribution in [1.82, 2.24) is 0 Å². The van der Waals surface area contributed by atoms with Gasteiger partial charge in [0.05, 0.1) is 12.2 Å². The van der Waals surface area contributed by atoms with Gasteiger partial charge in [-0.15, -0.1) is 0 Å². The largest absolute Gasteiger partial charge is 0.413 e. The van der Waals surface area contributed by atoms with Gasteiger partial charge in [0.2, 0.25) is 0 Å². The molecule has 0 bridgehead atoms. The third kappa shape index (κ3) is 6.84. The quantitative estimate of drug-likeness (QED) is 0.225. The monoisotopic (exact) mass is 572 g/mol. The Labute approximate surface area is 243 Å². The minimum atomic E-state index is -1.97. The van der Waals surface area contributed by atoms with Gasteiger partial charge in [0.15, 0.2) is 16.6 Å². The molecular weight excluding hydrogens is 513 g/mol. The zero-order chi connectivity index (χ0) is 29.6. The van der Waals surface area contributed by atoms with Crippen LogP contribution in [0.5, 0.6) is 0 Å². The lowest BCUT2D eigenvalue weighted by Gasteiger charge is -2.45. The predicted molar refractivity (Wildman–Crippen MR) is 172 cm³/mol. The number of fused-ring (bicyclic) bond motifs is 1. The van der Waals surface area contributed by atoms with Gasteiger partial charge in [0.1, 0.15) is 6.29 Å². The van der Waals surface area contributed by atoms with Crippen molar-refractivity contribution in [3.8, 4) is 0 Å². The second-order valence-electron chi connectivity index (χ2n) is 16.4. The summed E-state index contributed by atoms with van der Waals surface area (Å²) in [5.74, 6) is 1.24. The molecule has 5 heteroatoms. The maximum atomic E-state index is 11.7. The summed E-state index contributed by atoms with van der Waals surface area (Å²) in [7, 11) is -3.89. The Morgan fingerprint density at radius 1 is 0.974 bits per heavy atom. The summed E-state index contributed by atoms with van der Waals surface area (Å²) < 4.78 is 14.0. The first-order valence-electron chi connectivity index (χ1n) is 15.6. The number of allylic oxidation sites excluding steroid dienone is 3. The average molecular weight is 573 g/mol. The van der Waals surface area contributed by atoms with Crippen LogP contribution in [0.15, 0.2) is 35.5 Å². The van der Waals surface area contributed by atoms with Crippen LogP contribution >= 0.6 is 0 Å². The summed E-state index contributed by atoms with van der Waals surface area (Å²) in [6.07, 6.45) is 14.0. The minimum absolute atomic E-state index is 0.0139. The van der Waals surface area contributed by atoms with Gasteiger partial charge >= 0.3 is 0 Å². The number of aldehydes is 1. The number of rotatable bonds is 7. The molecule has 3 aliphatic rings. The zero-order valence-electron chi connectivity index (χ0n) is 27.5. The molecule has 0 heterocycles. The number of hydrogen-bond acceptors (Lipinski definition) is 3. The lowest BCUT2D eigenvalue weighted by molar-refractivity contribution is -0.113. The van der Waals surface area contributed by atoms with E-state index in [2.05, 4.69) is 100 Å². The Hall–Kier alpha value is -0.756. The molecule has 0 spiro atoms. The average Bonchev–Trinajstić information content (AvgIpc) is 3.15. The third-order valence-corrected chi connectivity index (χ3v) is 20.6. The van der Waals surface area contributed by atoms with Crippen molar-refractivity contribution in [2.24, 2.45) is 23.2 Å². The van der Waals surface area contributed by atoms with Gasteiger partial charge in [-0.3, -0.25) is 0 Å². The van der Waals surface area contributed by atoms with Crippen LogP contribution in [0.1, 0.15) is 100 Å². The van der Waals surface area contributed by atoms with Crippen LogP contribution in [0.2, 0.25) is 36.3 Å². The Bertz CT molecular complexity index is 977. The molecule has 0 aromatic carbocycles. The summed E-state index contributed by atoms with van der Waals surface area (Å²) in [6, 6.07) is 0. The molecule has 0 aliphatic heterocycles. The van der Waals surface area contributed by atoms with Gasteiger partial charge in [0, 0.05) is 12.3 Å². The van der Waals surface area contributed by atoms with Crippen molar-refractivity contribution in [2.45, 2.75) is 149 Å². The Morgan fingerprint density at radius 3 is 2.13 bits per heavy atom. The van der Waals surface area contributed by atoms with Crippen LogP contribution in [0.3, 0.4) is 0 Å². The van der Waals surface area contributed by atoms with E-state index in [0.29, 0.717) is 11.8 Å². The zero-order valence-corrected chi connectivity index (χ0v) is 29.5. The maximum absolute atomic E-state index is 11.7. The van der Waals surface area contributed by atoms with E-state index in [9.17, 15) is 4.79 Å². The van der Waals surface area contributed by atoms with E-state index in [-0.39, 0.29) is 33.6 Å². The summed E-state index contributed by atoms with van der Waals surface area (Å²) in [4.78, 5) is 11.7. The van der Waals surface area contributed by atoms with Crippen LogP contribution in [-0.2, 0) is 13.6 Å². The normalized spacial score (nSPS) is 33.9. The van der Waals surface area contributed by atoms with Crippen LogP contribution in [-0.4, -0.2) is 35.1 Å². The van der Waals surface area contributed by atoms with E-state index in [1.54, 1.807) is 5.57 Å². The molecule has 3 nitrogen and oxygen atoms in total. The lowest BCUT2D eigenvalue weighted by atomic mass is 9.61. The van der Waals surface area contributed by atoms with Gasteiger partial charge in [-0.2, -0.15) is 0 Å². The highest BCUT2D eigenvalue weighted by Crippen LogP contribution is 2.59. The highest BCUT2D eigenvalue weighted by Gasteiger charge is 2.51. The van der Waals surface area contributed by atoms with E-state index < -0.39 is 16.6 Å². The van der Waals surface area contributed by atoms with E-state index in [1.807, 2.05) is 0 Å². The van der Waals surface area contributed by atoms with Crippen LogP contribution < -0.4 is 0 Å². The van der Waals surface area contributed by atoms with Crippen molar-refractivity contribution in [3.05, 3.63) is 35.5 Å². The first-order chi connectivity index (χ1) is 17.7. The molecule has 3 rings (SSSR count). The first kappa shape index (κ1) is 32.8. The fourth-order valence-electron chi connectivity index (χ4n) is 7.00. The smallest absolute Gasteiger partial charge is 0.192 e. The van der Waals surface area contributed by atoms with E-state index >= 15 is 0 Å². The SMILES string of the molecule is C=C1C(=CC=C2CCC[C@]3(C)[C@@H](C(C)C=O)CC[C@@H]23)C[C@@H](O[Si](C)(C)C(C)(C)C)C[C@@H]1O[Si](C)(C)C(C)(C)C. The van der Waals surface area contributed by atoms with Crippen molar-refractivity contribution >= 4 is 22.9 Å². The summed E-state index contributed by atoms with van der Waals surface area (Å²) in [5, 5.41) is 0.323. The molecule has 3 fully saturated rings. The van der Waals surface area contributed by atoms with E-state index in [1.165, 1.54) is 44.0 Å². The van der Waals surface area contributed by atoms with E-state index in [0.717, 1.165) is 18.4 Å². The van der Waals surface area contributed by atoms with Gasteiger partial charge in [-0.25, -0.2) is 0 Å². The molecule has 0 N–H and O–H groups in total. The molecule has 3 aliphatic carbocycles. The summed E-state index contributed by atoms with van der Waals surface area (Å²) in [6.45, 7) is 32.6. The summed E-state index contributed by atoms with van der Waals surface area (Å²) >= 11 is 0. The van der Waals surface area contributed by atoms with E-state index in [4.69, 9.17) is 8.85 Å². The molecule has 6 atom stereocenters. The Balaban J connectivity index is 1.93. The minimum Gasteiger partial charge on any atom is -0.413 e. The van der Waals surface area contributed by atoms with Crippen LogP contribution in [0.25, 0.3) is 0 Å². The molecule has 0 aromatic rings. The van der Waals surface area contributed by atoms with Crippen molar-refractivity contribution in [2.75, 3.05) is 0 Å². The topological polar surface area (TPSA) is 35.5 Å². The van der Waals surface area contributed by atoms with Crippen molar-refractivity contribution < 1.29 is 13.6 Å². The summed E-state index contributed by atoms with van der Waals surface area (Å²) in [5.41, 5.74) is 4.29. The lowest BCUT2D eigenvalue weighted by Crippen LogP contribution is -2.49. The molecule has 3 saturated carbocycles. The number of carbonyl (C=O) groups excluding carboxylic acids is 1. The second-order valence-corrected chi connectivity index (χ2v) is 25.9. The van der Waals surface area contributed by atoms with Gasteiger partial charge in [-0.1, -0.05) is 79.7 Å². The fourth-order valence-corrected chi connectivity index (χ4v) is 9.67. The van der Waals surface area contributed by atoms with Crippen molar-refractivity contribution in [1.29, 1.82) is 0 Å². The Morgan fingerprint density at radius 2 is 1.56 bits per heavy atom. The molecule has 1 unspecified atom stereocenters. The predicted octanol–water partition coefficient (Wildman–Crippen LogP) is 10.0. The molecule has 39 heavy (non-hydrogen) atoms. The standard InChI is InChI=1S/C34H60O3Si2/c1-24(23-35)29-18-19-30-26(15-14-20-34(29,30)9)16-17-27-21-28(36-38(10,11)32(3,4)5)22-31(25(27)2)37-39(12,13)33(6,7)8/h16-17,23-24,28-31H,2,14-15,18-22H2,1,3-13H3/t24?,28-,29-,30+,31+,34-/m1/s1. The van der Waals surface area contributed by atoms with Gasteiger partial charge < -0.3 is 13.6 Å². The van der Waals surface area contributed by atoms with Crippen LogP contribution in [0.4, 0.5) is 0 Å². The molecule has 0 radical (unpaired) electrons. The molecular formula is C34H60O3Si2. The van der Waals surface area contributed by atoms with Gasteiger partial charge in [0.25, 0.3) is 0 Å². The molecule has 0 saturated heterocycles. The highest BCUT2D eigenvalue weighted by atomic mass is 28.4. The van der Waals surface area contributed by atoms with Crippen LogP contribution in [0, 0.1) is 23.2 Å². The van der Waals surface area contributed by atoms with Gasteiger partial charge in [-0.05, 0) is 103 Å². The molecule has 0 aromatic heterocycles. The maximum Gasteiger partial charge on any atom is 0.192 e.